The van der Waals surface area contributed by atoms with E-state index >= 15 is 0 Å². The van der Waals surface area contributed by atoms with Crippen molar-refractivity contribution in [1.29, 1.82) is 0 Å². The van der Waals surface area contributed by atoms with Crippen molar-refractivity contribution in [2.45, 2.75) is 58.0 Å². The molecule has 0 saturated heterocycles. The molecule has 1 aliphatic rings. The summed E-state index contributed by atoms with van der Waals surface area (Å²) in [5.41, 5.74) is 0. The summed E-state index contributed by atoms with van der Waals surface area (Å²) in [4.78, 5) is 4.42. The highest BCUT2D eigenvalue weighted by Gasteiger charge is 2.21. The first-order valence-corrected chi connectivity index (χ1v) is 7.33. The fourth-order valence-corrected chi connectivity index (χ4v) is 3.26. The molecule has 1 unspecified atom stereocenters. The summed E-state index contributed by atoms with van der Waals surface area (Å²) in [6, 6.07) is 1.18. The molecule has 1 saturated carbocycles. The van der Waals surface area contributed by atoms with Crippen LogP contribution in [0.4, 0.5) is 0 Å². The van der Waals surface area contributed by atoms with E-state index in [9.17, 15) is 0 Å². The lowest BCUT2D eigenvalue weighted by atomic mass is 9.87. The Labute approximate surface area is 102 Å². The zero-order chi connectivity index (χ0) is 11.4. The Kier molecular flexibility index (Phi) is 4.36. The number of nitrogens with one attached hydrogen (secondary N) is 1. The van der Waals surface area contributed by atoms with Crippen molar-refractivity contribution in [2.24, 2.45) is 5.92 Å². The number of aromatic nitrogens is 1. The molecule has 2 rings (SSSR count). The van der Waals surface area contributed by atoms with E-state index in [2.05, 4.69) is 29.5 Å². The molecule has 2 nitrogen and oxygen atoms in total. The van der Waals surface area contributed by atoms with Crippen LogP contribution in [0.1, 0.15) is 57.0 Å². The quantitative estimate of drug-likeness (QED) is 0.864. The lowest BCUT2D eigenvalue weighted by molar-refractivity contribution is 0.284. The third-order valence-electron chi connectivity index (χ3n) is 3.61. The van der Waals surface area contributed by atoms with Crippen molar-refractivity contribution in [1.82, 2.24) is 10.3 Å². The van der Waals surface area contributed by atoms with Gasteiger partial charge in [0, 0.05) is 17.6 Å². The molecule has 1 aliphatic carbocycles. The van der Waals surface area contributed by atoms with Crippen molar-refractivity contribution in [2.75, 3.05) is 0 Å². The maximum Gasteiger partial charge on any atom is 0.109 e. The van der Waals surface area contributed by atoms with Crippen molar-refractivity contribution < 1.29 is 0 Å². The average Bonchev–Trinajstić information content (AvgIpc) is 2.82. The zero-order valence-electron chi connectivity index (χ0n) is 10.3. The smallest absolute Gasteiger partial charge is 0.109 e. The Morgan fingerprint density at radius 3 is 2.75 bits per heavy atom. The number of hydrogen-bond donors (Lipinski definition) is 1. The van der Waals surface area contributed by atoms with Gasteiger partial charge in [-0.25, -0.2) is 4.98 Å². The largest absolute Gasteiger partial charge is 0.305 e. The molecular formula is C13H22N2S. The number of thiazole rings is 1. The second kappa shape index (κ2) is 5.78. The van der Waals surface area contributed by atoms with E-state index in [1.165, 1.54) is 30.7 Å². The first-order chi connectivity index (χ1) is 7.79. The normalized spacial score (nSPS) is 27.9. The summed E-state index contributed by atoms with van der Waals surface area (Å²) in [6.07, 6.45) is 8.48. The predicted octanol–water partition coefficient (Wildman–Crippen LogP) is 3.76. The zero-order valence-corrected chi connectivity index (χ0v) is 11.1. The third-order valence-corrected chi connectivity index (χ3v) is 4.50. The van der Waals surface area contributed by atoms with E-state index in [0.717, 1.165) is 12.3 Å². The molecule has 0 radical (unpaired) electrons. The van der Waals surface area contributed by atoms with Crippen LogP contribution in [0.15, 0.2) is 11.6 Å². The van der Waals surface area contributed by atoms with Crippen LogP contribution >= 0.6 is 11.3 Å². The van der Waals surface area contributed by atoms with Gasteiger partial charge in [-0.3, -0.25) is 0 Å². The van der Waals surface area contributed by atoms with Crippen molar-refractivity contribution in [3.05, 3.63) is 16.6 Å². The van der Waals surface area contributed by atoms with Gasteiger partial charge in [0.1, 0.15) is 5.01 Å². The molecule has 1 N–H and O–H groups in total. The van der Waals surface area contributed by atoms with E-state index < -0.39 is 0 Å². The molecule has 0 aromatic carbocycles. The number of rotatable bonds is 4. The highest BCUT2D eigenvalue weighted by molar-refractivity contribution is 7.09. The number of hydrogen-bond acceptors (Lipinski definition) is 3. The summed E-state index contributed by atoms with van der Waals surface area (Å²) < 4.78 is 0. The molecule has 16 heavy (non-hydrogen) atoms. The van der Waals surface area contributed by atoms with Crippen LogP contribution in [0.25, 0.3) is 0 Å². The van der Waals surface area contributed by atoms with Crippen LogP contribution in [0.3, 0.4) is 0 Å². The van der Waals surface area contributed by atoms with Gasteiger partial charge < -0.3 is 5.32 Å². The van der Waals surface area contributed by atoms with Crippen molar-refractivity contribution in [3.8, 4) is 0 Å². The molecular weight excluding hydrogens is 216 g/mol. The monoisotopic (exact) mass is 238 g/mol. The summed E-state index contributed by atoms with van der Waals surface area (Å²) in [7, 11) is 0. The van der Waals surface area contributed by atoms with Gasteiger partial charge in [0.25, 0.3) is 0 Å². The van der Waals surface area contributed by atoms with Gasteiger partial charge in [0.15, 0.2) is 0 Å². The minimum absolute atomic E-state index is 0.471. The number of nitrogens with zero attached hydrogens (tertiary/aromatic N) is 1. The fraction of sp³-hybridized carbons (Fsp3) is 0.769. The molecule has 1 aromatic heterocycles. The van der Waals surface area contributed by atoms with Crippen molar-refractivity contribution >= 4 is 11.3 Å². The average molecular weight is 238 g/mol. The van der Waals surface area contributed by atoms with Gasteiger partial charge >= 0.3 is 0 Å². The first kappa shape index (κ1) is 12.1. The van der Waals surface area contributed by atoms with E-state index in [4.69, 9.17) is 0 Å². The van der Waals surface area contributed by atoms with E-state index in [1.807, 2.05) is 6.20 Å². The molecule has 0 spiro atoms. The molecule has 1 aromatic rings. The first-order valence-electron chi connectivity index (χ1n) is 6.45. The topological polar surface area (TPSA) is 24.9 Å². The maximum absolute atomic E-state index is 4.42. The van der Waals surface area contributed by atoms with E-state index in [0.29, 0.717) is 12.1 Å². The van der Waals surface area contributed by atoms with E-state index in [1.54, 1.807) is 11.3 Å². The molecule has 1 atom stereocenters. The third kappa shape index (κ3) is 3.05. The minimum Gasteiger partial charge on any atom is -0.305 e. The van der Waals surface area contributed by atoms with Gasteiger partial charge in [-0.05, 0) is 38.0 Å². The van der Waals surface area contributed by atoms with Crippen LogP contribution in [0.2, 0.25) is 0 Å². The lowest BCUT2D eigenvalue weighted by Crippen LogP contribution is -2.35. The van der Waals surface area contributed by atoms with Gasteiger partial charge in [-0.2, -0.15) is 0 Å². The highest BCUT2D eigenvalue weighted by Crippen LogP contribution is 2.27. The lowest BCUT2D eigenvalue weighted by Gasteiger charge is -2.30. The van der Waals surface area contributed by atoms with Crippen LogP contribution in [0, 0.1) is 5.92 Å². The Morgan fingerprint density at radius 2 is 2.19 bits per heavy atom. The van der Waals surface area contributed by atoms with E-state index in [-0.39, 0.29) is 0 Å². The van der Waals surface area contributed by atoms with Gasteiger partial charge in [-0.15, -0.1) is 11.3 Å². The SMILES string of the molecule is CCC(NC1CCC(C)CC1)c1nccs1. The summed E-state index contributed by atoms with van der Waals surface area (Å²) in [6.45, 7) is 4.61. The fourth-order valence-electron chi connectivity index (χ4n) is 2.48. The summed E-state index contributed by atoms with van der Waals surface area (Å²) in [5, 5.41) is 7.10. The van der Waals surface area contributed by atoms with Crippen LogP contribution in [-0.2, 0) is 0 Å². The Balaban J connectivity index is 1.87. The maximum atomic E-state index is 4.42. The standard InChI is InChI=1S/C13H22N2S/c1-3-12(13-14-8-9-16-13)15-11-6-4-10(2)5-7-11/h8-12,15H,3-7H2,1-2H3. The summed E-state index contributed by atoms with van der Waals surface area (Å²) >= 11 is 1.77. The van der Waals surface area contributed by atoms with Crippen LogP contribution in [0.5, 0.6) is 0 Å². The predicted molar refractivity (Wildman–Crippen MR) is 69.7 cm³/mol. The van der Waals surface area contributed by atoms with Gasteiger partial charge in [0.2, 0.25) is 0 Å². The highest BCUT2D eigenvalue weighted by atomic mass is 32.1. The second-order valence-electron chi connectivity index (χ2n) is 4.95. The summed E-state index contributed by atoms with van der Waals surface area (Å²) in [5.74, 6) is 0.929. The van der Waals surface area contributed by atoms with Crippen LogP contribution in [-0.4, -0.2) is 11.0 Å². The van der Waals surface area contributed by atoms with Crippen LogP contribution < -0.4 is 5.32 Å². The Hall–Kier alpha value is -0.410. The molecule has 1 heterocycles. The van der Waals surface area contributed by atoms with Crippen molar-refractivity contribution in [3.63, 3.8) is 0 Å². The molecule has 0 aliphatic heterocycles. The molecule has 90 valence electrons. The molecule has 3 heteroatoms. The molecule has 0 amide bonds. The second-order valence-corrected chi connectivity index (χ2v) is 5.88. The Morgan fingerprint density at radius 1 is 1.44 bits per heavy atom. The molecule has 0 bridgehead atoms. The van der Waals surface area contributed by atoms with Gasteiger partial charge in [0.05, 0.1) is 6.04 Å². The molecule has 1 fully saturated rings. The Bertz CT molecular complexity index is 289. The minimum atomic E-state index is 0.471. The van der Waals surface area contributed by atoms with Gasteiger partial charge in [-0.1, -0.05) is 13.8 Å².